The fourth-order valence-electron chi connectivity index (χ4n) is 3.18. The number of hydrogen-bond acceptors (Lipinski definition) is 2. The first kappa shape index (κ1) is 17.2. The van der Waals surface area contributed by atoms with Gasteiger partial charge in [0.2, 0.25) is 5.91 Å². The summed E-state index contributed by atoms with van der Waals surface area (Å²) in [6, 6.07) is 20.7. The number of nitrogens with one attached hydrogen (secondary N) is 2. The molecule has 2 N–H and O–H groups in total. The van der Waals surface area contributed by atoms with E-state index in [1.165, 1.54) is 16.3 Å². The van der Waals surface area contributed by atoms with Gasteiger partial charge in [-0.1, -0.05) is 60.7 Å². The maximum atomic E-state index is 12.3. The molecule has 0 saturated heterocycles. The lowest BCUT2D eigenvalue weighted by atomic mass is 10.00. The van der Waals surface area contributed by atoms with E-state index < -0.39 is 0 Å². The van der Waals surface area contributed by atoms with Crippen LogP contribution in [0.1, 0.15) is 29.7 Å². The lowest BCUT2D eigenvalue weighted by Gasteiger charge is -2.17. The number of fused-ring (bicyclic) bond motifs is 1. The van der Waals surface area contributed by atoms with Crippen molar-refractivity contribution in [3.63, 3.8) is 0 Å². The second-order valence-electron chi connectivity index (χ2n) is 6.49. The Balaban J connectivity index is 1.67. The van der Waals surface area contributed by atoms with E-state index in [0.29, 0.717) is 0 Å². The molecule has 3 aromatic carbocycles. The zero-order valence-corrected chi connectivity index (χ0v) is 15.0. The summed E-state index contributed by atoms with van der Waals surface area (Å²) in [6.45, 7) is 6.38. The van der Waals surface area contributed by atoms with E-state index in [1.54, 1.807) is 0 Å². The Morgan fingerprint density at radius 1 is 0.920 bits per heavy atom. The second kappa shape index (κ2) is 7.49. The van der Waals surface area contributed by atoms with E-state index >= 15 is 0 Å². The van der Waals surface area contributed by atoms with Gasteiger partial charge in [-0.05, 0) is 48.2 Å². The minimum Gasteiger partial charge on any atom is -0.324 e. The highest BCUT2D eigenvalue weighted by Gasteiger charge is 2.12. The third-order valence-corrected chi connectivity index (χ3v) is 4.60. The average molecular weight is 332 g/mol. The zero-order valence-electron chi connectivity index (χ0n) is 15.0. The van der Waals surface area contributed by atoms with Crippen LogP contribution in [0, 0.1) is 13.8 Å². The highest BCUT2D eigenvalue weighted by molar-refractivity contribution is 5.94. The number of benzene rings is 3. The van der Waals surface area contributed by atoms with Crippen molar-refractivity contribution in [2.75, 3.05) is 11.9 Å². The molecule has 0 spiro atoms. The second-order valence-corrected chi connectivity index (χ2v) is 6.49. The molecule has 0 bridgehead atoms. The fraction of sp³-hybridized carbons (Fsp3) is 0.227. The molecule has 0 heterocycles. The van der Waals surface area contributed by atoms with Crippen LogP contribution in [0.3, 0.4) is 0 Å². The third-order valence-electron chi connectivity index (χ3n) is 4.60. The Kier molecular flexibility index (Phi) is 5.15. The number of aryl methyl sites for hydroxylation is 2. The molecule has 0 unspecified atom stereocenters. The predicted octanol–water partition coefficient (Wildman–Crippen LogP) is 4.75. The summed E-state index contributed by atoms with van der Waals surface area (Å²) in [7, 11) is 0. The number of carbonyl (C=O) groups is 1. The summed E-state index contributed by atoms with van der Waals surface area (Å²) in [5.74, 6) is -0.0236. The minimum atomic E-state index is -0.0236. The molecule has 0 radical (unpaired) electrons. The lowest BCUT2D eigenvalue weighted by molar-refractivity contribution is -0.115. The van der Waals surface area contributed by atoms with E-state index in [1.807, 2.05) is 44.2 Å². The normalized spacial score (nSPS) is 12.1. The SMILES string of the molecule is Cc1cccc(C)c1NC(=O)CN[C@@H](C)c1cccc2ccccc12. The number of anilines is 1. The number of hydrogen-bond donors (Lipinski definition) is 2. The summed E-state index contributed by atoms with van der Waals surface area (Å²) >= 11 is 0. The van der Waals surface area contributed by atoms with Gasteiger partial charge in [-0.15, -0.1) is 0 Å². The van der Waals surface area contributed by atoms with Gasteiger partial charge in [-0.2, -0.15) is 0 Å². The summed E-state index contributed by atoms with van der Waals surface area (Å²) in [5.41, 5.74) is 4.27. The summed E-state index contributed by atoms with van der Waals surface area (Å²) in [4.78, 5) is 12.3. The van der Waals surface area contributed by atoms with E-state index in [-0.39, 0.29) is 18.5 Å². The van der Waals surface area contributed by atoms with Crippen LogP contribution in [-0.4, -0.2) is 12.5 Å². The van der Waals surface area contributed by atoms with Crippen LogP contribution in [0.5, 0.6) is 0 Å². The first-order valence-corrected chi connectivity index (χ1v) is 8.63. The monoisotopic (exact) mass is 332 g/mol. The molecule has 0 aromatic heterocycles. The molecule has 3 nitrogen and oxygen atoms in total. The lowest BCUT2D eigenvalue weighted by Crippen LogP contribution is -2.30. The molecule has 3 aromatic rings. The Morgan fingerprint density at radius 2 is 1.56 bits per heavy atom. The minimum absolute atomic E-state index is 0.0236. The summed E-state index contributed by atoms with van der Waals surface area (Å²) < 4.78 is 0. The number of carbonyl (C=O) groups excluding carboxylic acids is 1. The van der Waals surface area contributed by atoms with Crippen molar-refractivity contribution in [2.24, 2.45) is 0 Å². The first-order chi connectivity index (χ1) is 12.1. The van der Waals surface area contributed by atoms with Crippen LogP contribution in [0.25, 0.3) is 10.8 Å². The Morgan fingerprint density at radius 3 is 2.32 bits per heavy atom. The molecule has 1 amide bonds. The van der Waals surface area contributed by atoms with Crippen LogP contribution in [0.15, 0.2) is 60.7 Å². The standard InChI is InChI=1S/C22H24N2O/c1-15-8-6-9-16(2)22(15)24-21(25)14-23-17(3)19-13-7-11-18-10-4-5-12-20(18)19/h4-13,17,23H,14H2,1-3H3,(H,24,25)/t17-/m0/s1. The molecule has 3 heteroatoms. The zero-order chi connectivity index (χ0) is 17.8. The Bertz CT molecular complexity index is 876. The van der Waals surface area contributed by atoms with E-state index in [2.05, 4.69) is 47.9 Å². The molecule has 128 valence electrons. The molecule has 3 rings (SSSR count). The molecular weight excluding hydrogens is 308 g/mol. The van der Waals surface area contributed by atoms with Gasteiger partial charge in [0.1, 0.15) is 0 Å². The molecule has 0 fully saturated rings. The highest BCUT2D eigenvalue weighted by atomic mass is 16.1. The van der Waals surface area contributed by atoms with Crippen LogP contribution in [0.4, 0.5) is 5.69 Å². The van der Waals surface area contributed by atoms with Crippen molar-refractivity contribution < 1.29 is 4.79 Å². The van der Waals surface area contributed by atoms with Gasteiger partial charge < -0.3 is 10.6 Å². The van der Waals surface area contributed by atoms with Crippen molar-refractivity contribution in [1.82, 2.24) is 5.32 Å². The Hall–Kier alpha value is -2.65. The molecule has 0 saturated carbocycles. The molecule has 0 aliphatic rings. The quantitative estimate of drug-likeness (QED) is 0.708. The maximum Gasteiger partial charge on any atom is 0.238 e. The molecular formula is C22H24N2O. The summed E-state index contributed by atoms with van der Waals surface area (Å²) in [5, 5.41) is 8.80. The van der Waals surface area contributed by atoms with Crippen molar-refractivity contribution in [3.05, 3.63) is 77.4 Å². The highest BCUT2D eigenvalue weighted by Crippen LogP contribution is 2.24. The largest absolute Gasteiger partial charge is 0.324 e. The maximum absolute atomic E-state index is 12.3. The van der Waals surface area contributed by atoms with Crippen LogP contribution >= 0.6 is 0 Å². The van der Waals surface area contributed by atoms with E-state index in [9.17, 15) is 4.79 Å². The van der Waals surface area contributed by atoms with Crippen LogP contribution in [0.2, 0.25) is 0 Å². The van der Waals surface area contributed by atoms with Crippen molar-refractivity contribution >= 4 is 22.4 Å². The van der Waals surface area contributed by atoms with E-state index in [0.717, 1.165) is 16.8 Å². The Labute approximate surface area is 149 Å². The average Bonchev–Trinajstić information content (AvgIpc) is 2.62. The van der Waals surface area contributed by atoms with Crippen LogP contribution < -0.4 is 10.6 Å². The van der Waals surface area contributed by atoms with E-state index in [4.69, 9.17) is 0 Å². The topological polar surface area (TPSA) is 41.1 Å². The van der Waals surface area contributed by atoms with Gasteiger partial charge in [0.25, 0.3) is 0 Å². The van der Waals surface area contributed by atoms with Gasteiger partial charge in [-0.3, -0.25) is 4.79 Å². The number of para-hydroxylation sites is 1. The van der Waals surface area contributed by atoms with Crippen molar-refractivity contribution in [3.8, 4) is 0 Å². The third kappa shape index (κ3) is 3.89. The van der Waals surface area contributed by atoms with Gasteiger partial charge in [0, 0.05) is 11.7 Å². The van der Waals surface area contributed by atoms with Gasteiger partial charge in [0.05, 0.1) is 6.54 Å². The fourth-order valence-corrected chi connectivity index (χ4v) is 3.18. The van der Waals surface area contributed by atoms with Gasteiger partial charge in [0.15, 0.2) is 0 Å². The molecule has 1 atom stereocenters. The van der Waals surface area contributed by atoms with Gasteiger partial charge >= 0.3 is 0 Å². The predicted molar refractivity (Wildman–Crippen MR) is 105 cm³/mol. The van der Waals surface area contributed by atoms with Crippen LogP contribution in [-0.2, 0) is 4.79 Å². The first-order valence-electron chi connectivity index (χ1n) is 8.63. The molecule has 25 heavy (non-hydrogen) atoms. The summed E-state index contributed by atoms with van der Waals surface area (Å²) in [6.07, 6.45) is 0. The number of amides is 1. The molecule has 0 aliphatic heterocycles. The van der Waals surface area contributed by atoms with Gasteiger partial charge in [-0.25, -0.2) is 0 Å². The van der Waals surface area contributed by atoms with Crippen molar-refractivity contribution in [2.45, 2.75) is 26.8 Å². The smallest absolute Gasteiger partial charge is 0.238 e. The van der Waals surface area contributed by atoms with Crippen molar-refractivity contribution in [1.29, 1.82) is 0 Å². The number of rotatable bonds is 5. The molecule has 0 aliphatic carbocycles.